The first-order chi connectivity index (χ1) is 10.3. The molecule has 0 aromatic carbocycles. The summed E-state index contributed by atoms with van der Waals surface area (Å²) >= 11 is 0. The summed E-state index contributed by atoms with van der Waals surface area (Å²) in [5.74, 6) is -0.313. The normalized spacial score (nSPS) is 19.1. The van der Waals surface area contributed by atoms with Crippen molar-refractivity contribution >= 4 is 11.7 Å². The fourth-order valence-electron chi connectivity index (χ4n) is 2.54. The summed E-state index contributed by atoms with van der Waals surface area (Å²) in [6.45, 7) is 3.46. The van der Waals surface area contributed by atoms with Crippen LogP contribution in [0.5, 0.6) is 0 Å². The molecule has 1 aliphatic heterocycles. The predicted octanol–water partition coefficient (Wildman–Crippen LogP) is 1.99. The minimum Gasteiger partial charge on any atom is -0.354 e. The molecule has 0 radical (unpaired) electrons. The van der Waals surface area contributed by atoms with Gasteiger partial charge >= 0.3 is 6.18 Å². The van der Waals surface area contributed by atoms with Gasteiger partial charge in [0.25, 0.3) is 0 Å². The van der Waals surface area contributed by atoms with Crippen molar-refractivity contribution in [2.75, 3.05) is 24.5 Å². The van der Waals surface area contributed by atoms with Crippen molar-refractivity contribution in [3.8, 4) is 0 Å². The van der Waals surface area contributed by atoms with Gasteiger partial charge in [-0.2, -0.15) is 13.2 Å². The van der Waals surface area contributed by atoms with Gasteiger partial charge in [-0.3, -0.25) is 9.78 Å². The number of anilines is 1. The first kappa shape index (κ1) is 16.5. The maximum Gasteiger partial charge on any atom is 0.405 e. The minimum atomic E-state index is -4.39. The molecule has 1 N–H and O–H groups in total. The van der Waals surface area contributed by atoms with Gasteiger partial charge in [0.15, 0.2) is 0 Å². The number of aromatic nitrogens is 2. The lowest BCUT2D eigenvalue weighted by Crippen LogP contribution is -2.45. The van der Waals surface area contributed by atoms with Gasteiger partial charge in [0.1, 0.15) is 12.4 Å². The molecule has 122 valence electrons. The molecule has 0 aliphatic carbocycles. The Morgan fingerprint density at radius 3 is 2.86 bits per heavy atom. The van der Waals surface area contributed by atoms with Gasteiger partial charge in [-0.25, -0.2) is 4.98 Å². The number of piperidine rings is 1. The number of aryl methyl sites for hydroxylation is 2. The molecule has 1 saturated heterocycles. The van der Waals surface area contributed by atoms with E-state index in [1.165, 1.54) is 0 Å². The Morgan fingerprint density at radius 1 is 1.45 bits per heavy atom. The van der Waals surface area contributed by atoms with Gasteiger partial charge in [0.2, 0.25) is 5.91 Å². The van der Waals surface area contributed by atoms with E-state index in [-0.39, 0.29) is 0 Å². The molecule has 5 nitrogen and oxygen atoms in total. The number of carbonyl (C=O) groups excluding carboxylic acids is 1. The molecule has 2 rings (SSSR count). The molecule has 1 atom stereocenters. The van der Waals surface area contributed by atoms with E-state index < -0.39 is 24.5 Å². The van der Waals surface area contributed by atoms with Crippen molar-refractivity contribution in [3.05, 3.63) is 17.6 Å². The monoisotopic (exact) mass is 316 g/mol. The molecular formula is C14H19F3N4O. The lowest BCUT2D eigenvalue weighted by molar-refractivity contribution is -0.140. The van der Waals surface area contributed by atoms with Crippen LogP contribution in [0.1, 0.15) is 24.2 Å². The third-order valence-corrected chi connectivity index (χ3v) is 3.61. The van der Waals surface area contributed by atoms with Crippen molar-refractivity contribution in [2.45, 2.75) is 32.9 Å². The highest BCUT2D eigenvalue weighted by atomic mass is 19.4. The molecule has 1 aromatic rings. The van der Waals surface area contributed by atoms with Crippen LogP contribution >= 0.6 is 0 Å². The largest absolute Gasteiger partial charge is 0.405 e. The van der Waals surface area contributed by atoms with E-state index in [0.29, 0.717) is 18.8 Å². The summed E-state index contributed by atoms with van der Waals surface area (Å²) < 4.78 is 36.5. The Bertz CT molecular complexity index is 547. The van der Waals surface area contributed by atoms with Crippen LogP contribution in [0, 0.1) is 19.8 Å². The first-order valence-corrected chi connectivity index (χ1v) is 7.16. The Hall–Kier alpha value is -1.86. The highest BCUT2D eigenvalue weighted by Crippen LogP contribution is 2.24. The average molecular weight is 316 g/mol. The molecular weight excluding hydrogens is 297 g/mol. The maximum atomic E-state index is 12.2. The quantitative estimate of drug-likeness (QED) is 0.926. The lowest BCUT2D eigenvalue weighted by atomic mass is 9.97. The van der Waals surface area contributed by atoms with Crippen LogP contribution in [0.2, 0.25) is 0 Å². The number of halogens is 3. The molecule has 1 aromatic heterocycles. The summed E-state index contributed by atoms with van der Waals surface area (Å²) in [7, 11) is 0. The number of nitrogens with zero attached hydrogens (tertiary/aromatic N) is 3. The molecule has 0 bridgehead atoms. The van der Waals surface area contributed by atoms with Crippen LogP contribution in [-0.4, -0.2) is 41.7 Å². The molecule has 1 fully saturated rings. The zero-order valence-corrected chi connectivity index (χ0v) is 12.6. The van der Waals surface area contributed by atoms with Gasteiger partial charge in [-0.05, 0) is 26.7 Å². The van der Waals surface area contributed by atoms with E-state index in [1.807, 2.05) is 24.1 Å². The number of nitrogens with one attached hydrogen (secondary N) is 1. The molecule has 0 spiro atoms. The second kappa shape index (κ2) is 6.50. The van der Waals surface area contributed by atoms with Crippen LogP contribution in [0.4, 0.5) is 19.0 Å². The average Bonchev–Trinajstić information content (AvgIpc) is 2.46. The number of amides is 1. The molecule has 1 amide bonds. The fraction of sp³-hybridized carbons (Fsp3) is 0.643. The molecule has 1 aliphatic rings. The second-order valence-corrected chi connectivity index (χ2v) is 5.54. The van der Waals surface area contributed by atoms with Crippen molar-refractivity contribution in [3.63, 3.8) is 0 Å². The number of rotatable bonds is 3. The van der Waals surface area contributed by atoms with Gasteiger partial charge in [0.05, 0.1) is 17.3 Å². The number of alkyl halides is 3. The van der Waals surface area contributed by atoms with E-state index in [9.17, 15) is 18.0 Å². The zero-order chi connectivity index (χ0) is 16.3. The van der Waals surface area contributed by atoms with Crippen molar-refractivity contribution in [1.29, 1.82) is 0 Å². The fourth-order valence-corrected chi connectivity index (χ4v) is 2.54. The van der Waals surface area contributed by atoms with Crippen molar-refractivity contribution in [2.24, 2.45) is 5.92 Å². The molecule has 22 heavy (non-hydrogen) atoms. The van der Waals surface area contributed by atoms with Crippen LogP contribution in [0.15, 0.2) is 6.20 Å². The van der Waals surface area contributed by atoms with Gasteiger partial charge in [-0.1, -0.05) is 0 Å². The second-order valence-electron chi connectivity index (χ2n) is 5.54. The van der Waals surface area contributed by atoms with Crippen LogP contribution in [0.3, 0.4) is 0 Å². The van der Waals surface area contributed by atoms with E-state index >= 15 is 0 Å². The number of hydrogen-bond acceptors (Lipinski definition) is 4. The molecule has 2 heterocycles. The maximum absolute atomic E-state index is 12.2. The Kier molecular flexibility index (Phi) is 4.87. The molecule has 0 unspecified atom stereocenters. The highest BCUT2D eigenvalue weighted by molar-refractivity contribution is 5.79. The smallest absolute Gasteiger partial charge is 0.354 e. The van der Waals surface area contributed by atoms with E-state index in [4.69, 9.17) is 0 Å². The summed E-state index contributed by atoms with van der Waals surface area (Å²) in [6.07, 6.45) is -1.41. The Labute approximate surface area is 126 Å². The van der Waals surface area contributed by atoms with Gasteiger partial charge < -0.3 is 10.2 Å². The van der Waals surface area contributed by atoms with E-state index in [0.717, 1.165) is 24.4 Å². The highest BCUT2D eigenvalue weighted by Gasteiger charge is 2.32. The molecule has 8 heteroatoms. The predicted molar refractivity (Wildman–Crippen MR) is 75.5 cm³/mol. The molecule has 0 saturated carbocycles. The van der Waals surface area contributed by atoms with Crippen molar-refractivity contribution in [1.82, 2.24) is 15.3 Å². The third kappa shape index (κ3) is 4.32. The Morgan fingerprint density at radius 2 is 2.18 bits per heavy atom. The Balaban J connectivity index is 2.02. The summed E-state index contributed by atoms with van der Waals surface area (Å²) in [6, 6.07) is 0. The summed E-state index contributed by atoms with van der Waals surface area (Å²) in [5.41, 5.74) is 1.52. The van der Waals surface area contributed by atoms with Gasteiger partial charge in [0, 0.05) is 19.3 Å². The minimum absolute atomic E-state index is 0.364. The van der Waals surface area contributed by atoms with E-state index in [2.05, 4.69) is 9.97 Å². The number of hydrogen-bond donors (Lipinski definition) is 1. The van der Waals surface area contributed by atoms with E-state index in [1.54, 1.807) is 6.20 Å². The van der Waals surface area contributed by atoms with Crippen molar-refractivity contribution < 1.29 is 18.0 Å². The van der Waals surface area contributed by atoms with Crippen LogP contribution in [0.25, 0.3) is 0 Å². The summed E-state index contributed by atoms with van der Waals surface area (Å²) in [5, 5.41) is 1.96. The van der Waals surface area contributed by atoms with Crippen LogP contribution in [-0.2, 0) is 4.79 Å². The third-order valence-electron chi connectivity index (χ3n) is 3.61. The first-order valence-electron chi connectivity index (χ1n) is 7.16. The summed E-state index contributed by atoms with van der Waals surface area (Å²) in [4.78, 5) is 22.5. The standard InChI is InChI=1S/C14H19F3N4O/c1-9-6-18-10(2)12(20-9)21-5-3-4-11(7-21)13(22)19-8-14(15,16)17/h6,11H,3-5,7-8H2,1-2H3,(H,19,22)/t11-/m1/s1. The number of carbonyl (C=O) groups is 1. The van der Waals surface area contributed by atoms with Crippen LogP contribution < -0.4 is 10.2 Å². The lowest BCUT2D eigenvalue weighted by Gasteiger charge is -2.33. The topological polar surface area (TPSA) is 58.1 Å². The zero-order valence-electron chi connectivity index (χ0n) is 12.6. The van der Waals surface area contributed by atoms with Gasteiger partial charge in [-0.15, -0.1) is 0 Å². The SMILES string of the molecule is Cc1cnc(C)c(N2CCC[C@@H](C(=O)NCC(F)(F)F)C2)n1.